The summed E-state index contributed by atoms with van der Waals surface area (Å²) in [7, 11) is 0. The first-order valence-electron chi connectivity index (χ1n) is 8.93. The second kappa shape index (κ2) is 8.04. The zero-order valence-electron chi connectivity index (χ0n) is 15.6. The van der Waals surface area contributed by atoms with E-state index in [9.17, 15) is 19.8 Å². The van der Waals surface area contributed by atoms with E-state index in [1.54, 1.807) is 37.3 Å². The first kappa shape index (κ1) is 19.3. The summed E-state index contributed by atoms with van der Waals surface area (Å²) in [6.45, 7) is 4.48. The van der Waals surface area contributed by atoms with Gasteiger partial charge in [0.05, 0.1) is 24.8 Å². The van der Waals surface area contributed by atoms with Gasteiger partial charge in [0.2, 0.25) is 0 Å². The Morgan fingerprint density at radius 2 is 1.71 bits per heavy atom. The number of hydrogen-bond acceptors (Lipinski definition) is 6. The minimum absolute atomic E-state index is 0.0532. The van der Waals surface area contributed by atoms with Crippen LogP contribution in [-0.2, 0) is 9.59 Å². The van der Waals surface area contributed by atoms with E-state index in [-0.39, 0.29) is 22.8 Å². The number of benzene rings is 2. The van der Waals surface area contributed by atoms with Crippen LogP contribution in [0.25, 0.3) is 5.76 Å². The number of nitrogens with one attached hydrogen (secondary N) is 1. The van der Waals surface area contributed by atoms with Crippen LogP contribution in [0.3, 0.4) is 0 Å². The fourth-order valence-electron chi connectivity index (χ4n) is 3.03. The molecule has 1 saturated heterocycles. The van der Waals surface area contributed by atoms with Crippen molar-refractivity contribution in [2.24, 2.45) is 0 Å². The quantitative estimate of drug-likeness (QED) is 0.402. The number of rotatable bonds is 6. The molecule has 0 bridgehead atoms. The average molecular weight is 383 g/mol. The first-order valence-corrected chi connectivity index (χ1v) is 8.93. The fourth-order valence-corrected chi connectivity index (χ4v) is 3.03. The Morgan fingerprint density at radius 3 is 2.36 bits per heavy atom. The number of phenols is 1. The maximum atomic E-state index is 12.4. The molecule has 1 heterocycles. The van der Waals surface area contributed by atoms with Crippen LogP contribution in [-0.4, -0.2) is 35.1 Å². The molecule has 1 unspecified atom stereocenters. The fraction of sp³-hybridized carbons (Fsp3) is 0.238. The molecule has 0 radical (unpaired) electrons. The summed E-state index contributed by atoms with van der Waals surface area (Å²) < 4.78 is 10.7. The third-order valence-electron chi connectivity index (χ3n) is 4.33. The number of carbonyl (C=O) groups excluding carboxylic acids is 2. The van der Waals surface area contributed by atoms with Crippen molar-refractivity contribution in [1.82, 2.24) is 5.32 Å². The summed E-state index contributed by atoms with van der Waals surface area (Å²) in [6, 6.07) is 10.2. The smallest absolute Gasteiger partial charge is 0.293 e. The Hall–Kier alpha value is -3.48. The number of aliphatic hydroxyl groups is 1. The highest BCUT2D eigenvalue weighted by molar-refractivity contribution is 6.46. The number of ether oxygens (including phenoxy) is 2. The SMILES string of the molecule is CCOc1ccc(C(O)=C2C(=O)C(=O)NC2c2ccc(O)c(OCC)c2)cc1. The number of aliphatic hydroxyl groups excluding tert-OH is 1. The number of carbonyl (C=O) groups is 2. The van der Waals surface area contributed by atoms with E-state index in [0.29, 0.717) is 30.1 Å². The topological polar surface area (TPSA) is 105 Å². The predicted octanol–water partition coefficient (Wildman–Crippen LogP) is 2.90. The van der Waals surface area contributed by atoms with Gasteiger partial charge in [-0.05, 0) is 55.8 Å². The predicted molar refractivity (Wildman–Crippen MR) is 102 cm³/mol. The highest BCUT2D eigenvalue weighted by Gasteiger charge is 2.39. The lowest BCUT2D eigenvalue weighted by Crippen LogP contribution is -2.21. The molecule has 28 heavy (non-hydrogen) atoms. The molecule has 1 fully saturated rings. The lowest BCUT2D eigenvalue weighted by atomic mass is 9.95. The molecule has 0 aromatic heterocycles. The molecule has 1 aliphatic heterocycles. The summed E-state index contributed by atoms with van der Waals surface area (Å²) in [5.74, 6) is -1.09. The van der Waals surface area contributed by atoms with Crippen molar-refractivity contribution >= 4 is 17.4 Å². The van der Waals surface area contributed by atoms with Crippen molar-refractivity contribution in [2.45, 2.75) is 19.9 Å². The standard InChI is InChI=1S/C21H21NO6/c1-3-27-14-8-5-12(6-9-14)19(24)17-18(22-21(26)20(17)25)13-7-10-15(23)16(11-13)28-4-2/h5-11,18,23-24H,3-4H2,1-2H3,(H,22,26). The van der Waals surface area contributed by atoms with Gasteiger partial charge in [-0.25, -0.2) is 0 Å². The van der Waals surface area contributed by atoms with Gasteiger partial charge in [0.15, 0.2) is 11.5 Å². The molecule has 7 nitrogen and oxygen atoms in total. The van der Waals surface area contributed by atoms with Crippen molar-refractivity contribution in [3.63, 3.8) is 0 Å². The van der Waals surface area contributed by atoms with Gasteiger partial charge in [-0.3, -0.25) is 9.59 Å². The number of amides is 1. The van der Waals surface area contributed by atoms with Gasteiger partial charge in [-0.2, -0.15) is 0 Å². The summed E-state index contributed by atoms with van der Waals surface area (Å²) in [6.07, 6.45) is 0. The Morgan fingerprint density at radius 1 is 1.04 bits per heavy atom. The largest absolute Gasteiger partial charge is 0.507 e. The maximum absolute atomic E-state index is 12.4. The monoisotopic (exact) mass is 383 g/mol. The van der Waals surface area contributed by atoms with E-state index in [4.69, 9.17) is 9.47 Å². The summed E-state index contributed by atoms with van der Waals surface area (Å²) in [5, 5.41) is 23.2. The van der Waals surface area contributed by atoms with Crippen LogP contribution in [0.15, 0.2) is 48.0 Å². The maximum Gasteiger partial charge on any atom is 0.293 e. The summed E-state index contributed by atoms with van der Waals surface area (Å²) >= 11 is 0. The van der Waals surface area contributed by atoms with Crippen molar-refractivity contribution in [2.75, 3.05) is 13.2 Å². The molecule has 1 amide bonds. The Kier molecular flexibility index (Phi) is 5.54. The Balaban J connectivity index is 2.04. The van der Waals surface area contributed by atoms with Crippen LogP contribution in [0.2, 0.25) is 0 Å². The van der Waals surface area contributed by atoms with Gasteiger partial charge < -0.3 is 25.0 Å². The average Bonchev–Trinajstić information content (AvgIpc) is 2.99. The van der Waals surface area contributed by atoms with Gasteiger partial charge in [-0.1, -0.05) is 6.07 Å². The molecule has 2 aromatic rings. The summed E-state index contributed by atoms with van der Waals surface area (Å²) in [5.41, 5.74) is 0.840. The number of aromatic hydroxyl groups is 1. The molecule has 3 N–H and O–H groups in total. The zero-order valence-corrected chi connectivity index (χ0v) is 15.6. The molecule has 2 aromatic carbocycles. The molecule has 3 rings (SSSR count). The number of phenolic OH excluding ortho intramolecular Hbond substituents is 1. The first-order chi connectivity index (χ1) is 13.5. The van der Waals surface area contributed by atoms with Crippen molar-refractivity contribution in [3.8, 4) is 17.2 Å². The Labute approximate surface area is 162 Å². The second-order valence-corrected chi connectivity index (χ2v) is 6.12. The normalized spacial score (nSPS) is 18.0. The lowest BCUT2D eigenvalue weighted by Gasteiger charge is -2.16. The van der Waals surface area contributed by atoms with Crippen LogP contribution < -0.4 is 14.8 Å². The van der Waals surface area contributed by atoms with E-state index in [1.165, 1.54) is 12.1 Å². The number of ketones is 1. The van der Waals surface area contributed by atoms with Crippen LogP contribution in [0.5, 0.6) is 17.2 Å². The molecule has 1 aliphatic rings. The highest BCUT2D eigenvalue weighted by atomic mass is 16.5. The van der Waals surface area contributed by atoms with E-state index in [2.05, 4.69) is 5.32 Å². The third-order valence-corrected chi connectivity index (χ3v) is 4.33. The molecule has 0 saturated carbocycles. The van der Waals surface area contributed by atoms with Gasteiger partial charge in [0, 0.05) is 5.56 Å². The molecular formula is C21H21NO6. The minimum atomic E-state index is -0.855. The van der Waals surface area contributed by atoms with Crippen molar-refractivity contribution in [3.05, 3.63) is 59.2 Å². The van der Waals surface area contributed by atoms with Gasteiger partial charge >= 0.3 is 0 Å². The van der Waals surface area contributed by atoms with E-state index < -0.39 is 17.7 Å². The minimum Gasteiger partial charge on any atom is -0.507 e. The van der Waals surface area contributed by atoms with E-state index in [0.717, 1.165) is 0 Å². The highest BCUT2D eigenvalue weighted by Crippen LogP contribution is 2.37. The molecule has 1 atom stereocenters. The molecule has 146 valence electrons. The lowest BCUT2D eigenvalue weighted by molar-refractivity contribution is -0.133. The molecule has 0 spiro atoms. The van der Waals surface area contributed by atoms with Crippen molar-refractivity contribution < 1.29 is 29.3 Å². The van der Waals surface area contributed by atoms with E-state index in [1.807, 2.05) is 6.92 Å². The van der Waals surface area contributed by atoms with E-state index >= 15 is 0 Å². The molecule has 0 aliphatic carbocycles. The Bertz CT molecular complexity index is 932. The van der Waals surface area contributed by atoms with Crippen molar-refractivity contribution in [1.29, 1.82) is 0 Å². The number of hydrogen-bond donors (Lipinski definition) is 3. The second-order valence-electron chi connectivity index (χ2n) is 6.12. The third kappa shape index (κ3) is 3.64. The molecule has 7 heteroatoms. The van der Waals surface area contributed by atoms with Crippen LogP contribution in [0.1, 0.15) is 31.0 Å². The van der Waals surface area contributed by atoms with Crippen LogP contribution >= 0.6 is 0 Å². The van der Waals surface area contributed by atoms with Gasteiger partial charge in [0.25, 0.3) is 11.7 Å². The van der Waals surface area contributed by atoms with Crippen LogP contribution in [0, 0.1) is 0 Å². The summed E-state index contributed by atoms with van der Waals surface area (Å²) in [4.78, 5) is 24.4. The van der Waals surface area contributed by atoms with Gasteiger partial charge in [0.1, 0.15) is 11.5 Å². The van der Waals surface area contributed by atoms with Gasteiger partial charge in [-0.15, -0.1) is 0 Å². The molecular weight excluding hydrogens is 362 g/mol. The number of Topliss-reactive ketones (excluding diaryl/α,β-unsaturated/α-hetero) is 1. The zero-order chi connectivity index (χ0) is 20.3. The van der Waals surface area contributed by atoms with Crippen LogP contribution in [0.4, 0.5) is 0 Å².